The van der Waals surface area contributed by atoms with E-state index in [4.69, 9.17) is 0 Å². The topological polar surface area (TPSA) is 80.2 Å². The number of hydrogen-bond donors (Lipinski definition) is 0. The number of hydrogen-bond acceptors (Lipinski definition) is 5. The fraction of sp³-hybridized carbons (Fsp3) is 0.214. The van der Waals surface area contributed by atoms with Crippen molar-refractivity contribution in [2.45, 2.75) is 24.9 Å². The van der Waals surface area contributed by atoms with Crippen molar-refractivity contribution in [2.24, 2.45) is 0 Å². The zero-order chi connectivity index (χ0) is 15.0. The SMILES string of the molecule is CC(=O)c1cccc(S(=O)(=O)N2Cc3cncnc3C2)c1. The minimum absolute atomic E-state index is 0.121. The molecule has 0 bridgehead atoms. The minimum atomic E-state index is -3.65. The van der Waals surface area contributed by atoms with Gasteiger partial charge in [0, 0.05) is 23.9 Å². The molecule has 3 rings (SSSR count). The van der Waals surface area contributed by atoms with Crippen LogP contribution in [0.5, 0.6) is 0 Å². The fourth-order valence-electron chi connectivity index (χ4n) is 2.27. The first-order valence-corrected chi connectivity index (χ1v) is 7.81. The summed E-state index contributed by atoms with van der Waals surface area (Å²) < 4.78 is 26.6. The number of carbonyl (C=O) groups is 1. The van der Waals surface area contributed by atoms with Crippen molar-refractivity contribution in [3.05, 3.63) is 53.6 Å². The molecule has 0 atom stereocenters. The molecule has 108 valence electrons. The van der Waals surface area contributed by atoms with Gasteiger partial charge in [-0.25, -0.2) is 18.4 Å². The normalized spacial score (nSPS) is 14.9. The predicted octanol–water partition coefficient (Wildman–Crippen LogP) is 1.38. The molecule has 1 aliphatic heterocycles. The number of Topliss-reactive ketones (excluding diaryl/α,β-unsaturated/α-hetero) is 1. The summed E-state index contributed by atoms with van der Waals surface area (Å²) in [6.07, 6.45) is 3.04. The molecule has 0 fully saturated rings. The van der Waals surface area contributed by atoms with Crippen LogP contribution in [-0.4, -0.2) is 28.5 Å². The van der Waals surface area contributed by atoms with E-state index >= 15 is 0 Å². The van der Waals surface area contributed by atoms with Gasteiger partial charge >= 0.3 is 0 Å². The Bertz CT molecular complexity index is 793. The molecule has 0 saturated carbocycles. The summed E-state index contributed by atoms with van der Waals surface area (Å²) in [6.45, 7) is 1.89. The van der Waals surface area contributed by atoms with Gasteiger partial charge in [-0.2, -0.15) is 4.31 Å². The van der Waals surface area contributed by atoms with E-state index in [9.17, 15) is 13.2 Å². The van der Waals surface area contributed by atoms with E-state index in [2.05, 4.69) is 9.97 Å². The molecule has 0 N–H and O–H groups in total. The molecule has 0 amide bonds. The first-order valence-electron chi connectivity index (χ1n) is 6.37. The number of sulfonamides is 1. The van der Waals surface area contributed by atoms with Crippen molar-refractivity contribution in [1.82, 2.24) is 14.3 Å². The van der Waals surface area contributed by atoms with Crippen molar-refractivity contribution in [1.29, 1.82) is 0 Å². The Kier molecular flexibility index (Phi) is 3.30. The van der Waals surface area contributed by atoms with Crippen LogP contribution in [0.2, 0.25) is 0 Å². The predicted molar refractivity (Wildman–Crippen MR) is 74.9 cm³/mol. The zero-order valence-electron chi connectivity index (χ0n) is 11.4. The maximum atomic E-state index is 12.6. The van der Waals surface area contributed by atoms with Crippen LogP contribution in [0, 0.1) is 0 Å². The second-order valence-electron chi connectivity index (χ2n) is 4.85. The summed E-state index contributed by atoms with van der Waals surface area (Å²) in [4.78, 5) is 19.5. The molecule has 1 aromatic heterocycles. The van der Waals surface area contributed by atoms with Crippen LogP contribution in [0.4, 0.5) is 0 Å². The van der Waals surface area contributed by atoms with Gasteiger partial charge in [-0.15, -0.1) is 0 Å². The van der Waals surface area contributed by atoms with E-state index in [0.29, 0.717) is 5.56 Å². The number of carbonyl (C=O) groups excluding carboxylic acids is 1. The maximum absolute atomic E-state index is 12.6. The zero-order valence-corrected chi connectivity index (χ0v) is 12.2. The third-order valence-corrected chi connectivity index (χ3v) is 5.22. The van der Waals surface area contributed by atoms with Crippen LogP contribution < -0.4 is 0 Å². The van der Waals surface area contributed by atoms with Gasteiger partial charge in [0.25, 0.3) is 0 Å². The average Bonchev–Trinajstić information content (AvgIpc) is 2.92. The lowest BCUT2D eigenvalue weighted by Gasteiger charge is -2.15. The lowest BCUT2D eigenvalue weighted by atomic mass is 10.2. The first kappa shape index (κ1) is 13.8. The van der Waals surface area contributed by atoms with E-state index in [-0.39, 0.29) is 23.8 Å². The molecule has 7 heteroatoms. The standard InChI is InChI=1S/C14H13N3O3S/c1-10(18)11-3-2-4-13(5-11)21(19,20)17-7-12-6-15-9-16-14(12)8-17/h2-6,9H,7-8H2,1H3. The molecule has 1 aliphatic rings. The summed E-state index contributed by atoms with van der Waals surface area (Å²) in [5.41, 5.74) is 1.91. The Morgan fingerprint density at radius 2 is 2.10 bits per heavy atom. The van der Waals surface area contributed by atoms with Crippen LogP contribution >= 0.6 is 0 Å². The molecule has 2 aromatic rings. The molecule has 2 heterocycles. The monoisotopic (exact) mass is 303 g/mol. The number of rotatable bonds is 3. The van der Waals surface area contributed by atoms with E-state index in [1.165, 1.54) is 29.7 Å². The Morgan fingerprint density at radius 1 is 1.29 bits per heavy atom. The van der Waals surface area contributed by atoms with Crippen molar-refractivity contribution >= 4 is 15.8 Å². The lowest BCUT2D eigenvalue weighted by molar-refractivity contribution is 0.101. The summed E-state index contributed by atoms with van der Waals surface area (Å²) in [5, 5.41) is 0. The Labute approximate surface area is 122 Å². The van der Waals surface area contributed by atoms with Crippen molar-refractivity contribution < 1.29 is 13.2 Å². The highest BCUT2D eigenvalue weighted by Gasteiger charge is 2.31. The number of benzene rings is 1. The van der Waals surface area contributed by atoms with E-state index in [1.807, 2.05) is 0 Å². The Balaban J connectivity index is 1.96. The number of aromatic nitrogens is 2. The average molecular weight is 303 g/mol. The fourth-order valence-corrected chi connectivity index (χ4v) is 3.69. The van der Waals surface area contributed by atoms with E-state index in [0.717, 1.165) is 11.3 Å². The summed E-state index contributed by atoms with van der Waals surface area (Å²) in [5.74, 6) is -0.164. The van der Waals surface area contributed by atoms with Crippen molar-refractivity contribution in [3.8, 4) is 0 Å². The molecule has 0 aliphatic carbocycles. The summed E-state index contributed by atoms with van der Waals surface area (Å²) >= 11 is 0. The largest absolute Gasteiger partial charge is 0.295 e. The second kappa shape index (κ2) is 5.01. The number of fused-ring (bicyclic) bond motifs is 1. The van der Waals surface area contributed by atoms with Crippen LogP contribution in [0.25, 0.3) is 0 Å². The third-order valence-electron chi connectivity index (χ3n) is 3.43. The summed E-state index contributed by atoms with van der Waals surface area (Å²) in [6, 6.07) is 6.08. The van der Waals surface area contributed by atoms with Gasteiger partial charge in [0.1, 0.15) is 6.33 Å². The van der Waals surface area contributed by atoms with Gasteiger partial charge in [-0.1, -0.05) is 12.1 Å². The van der Waals surface area contributed by atoms with Crippen molar-refractivity contribution in [3.63, 3.8) is 0 Å². The molecular formula is C14H13N3O3S. The van der Waals surface area contributed by atoms with E-state index < -0.39 is 10.0 Å². The number of nitrogens with zero attached hydrogens (tertiary/aromatic N) is 3. The highest BCUT2D eigenvalue weighted by atomic mass is 32.2. The maximum Gasteiger partial charge on any atom is 0.243 e. The Morgan fingerprint density at radius 3 is 2.81 bits per heavy atom. The third kappa shape index (κ3) is 2.45. The van der Waals surface area contributed by atoms with Gasteiger partial charge < -0.3 is 0 Å². The highest BCUT2D eigenvalue weighted by molar-refractivity contribution is 7.89. The van der Waals surface area contributed by atoms with Gasteiger partial charge in [-0.3, -0.25) is 4.79 Å². The molecule has 1 aromatic carbocycles. The molecule has 6 nitrogen and oxygen atoms in total. The smallest absolute Gasteiger partial charge is 0.243 e. The second-order valence-corrected chi connectivity index (χ2v) is 6.79. The summed E-state index contributed by atoms with van der Waals surface area (Å²) in [7, 11) is -3.65. The van der Waals surface area contributed by atoms with Crippen molar-refractivity contribution in [2.75, 3.05) is 0 Å². The minimum Gasteiger partial charge on any atom is -0.295 e. The van der Waals surface area contributed by atoms with Gasteiger partial charge in [-0.05, 0) is 19.1 Å². The highest BCUT2D eigenvalue weighted by Crippen LogP contribution is 2.27. The van der Waals surface area contributed by atoms with Gasteiger partial charge in [0.15, 0.2) is 5.78 Å². The molecular weight excluding hydrogens is 290 g/mol. The van der Waals surface area contributed by atoms with E-state index in [1.54, 1.807) is 18.3 Å². The van der Waals surface area contributed by atoms with Gasteiger partial charge in [0.2, 0.25) is 10.0 Å². The van der Waals surface area contributed by atoms with Gasteiger partial charge in [0.05, 0.1) is 17.1 Å². The van der Waals surface area contributed by atoms with Crippen LogP contribution in [0.15, 0.2) is 41.7 Å². The number of ketones is 1. The first-order chi connectivity index (χ1) is 9.98. The van der Waals surface area contributed by atoms with Crippen LogP contribution in [0.1, 0.15) is 28.5 Å². The molecule has 0 unspecified atom stereocenters. The lowest BCUT2D eigenvalue weighted by Crippen LogP contribution is -2.25. The molecule has 21 heavy (non-hydrogen) atoms. The molecule has 0 spiro atoms. The van der Waals surface area contributed by atoms with Crippen LogP contribution in [0.3, 0.4) is 0 Å². The van der Waals surface area contributed by atoms with Crippen LogP contribution in [-0.2, 0) is 23.1 Å². The Hall–Kier alpha value is -2.12. The quantitative estimate of drug-likeness (QED) is 0.800. The molecule has 0 saturated heterocycles. The molecule has 0 radical (unpaired) electrons.